The van der Waals surface area contributed by atoms with Crippen molar-refractivity contribution in [1.82, 2.24) is 4.90 Å². The standard InChI is InChI=1S/C14H19N3O2/c15-10-12-11-17(7-9-18-12)6-3-8-19-14-5-2-1-4-13(14)16/h1-2,4-5,12H,3,6-9,11,16H2. The molecule has 0 amide bonds. The van der Waals surface area contributed by atoms with E-state index >= 15 is 0 Å². The van der Waals surface area contributed by atoms with Gasteiger partial charge in [-0.05, 0) is 18.6 Å². The maximum absolute atomic E-state index is 8.82. The third-order valence-corrected chi connectivity index (χ3v) is 3.09. The second kappa shape index (κ2) is 6.98. The summed E-state index contributed by atoms with van der Waals surface area (Å²) >= 11 is 0. The molecule has 19 heavy (non-hydrogen) atoms. The molecule has 1 saturated heterocycles. The Bertz CT molecular complexity index is 445. The lowest BCUT2D eigenvalue weighted by molar-refractivity contribution is -0.000836. The zero-order valence-electron chi connectivity index (χ0n) is 10.9. The van der Waals surface area contributed by atoms with Crippen molar-refractivity contribution >= 4 is 5.69 Å². The summed E-state index contributed by atoms with van der Waals surface area (Å²) in [4.78, 5) is 2.23. The number of nitrogens with two attached hydrogens (primary N) is 1. The molecular formula is C14H19N3O2. The van der Waals surface area contributed by atoms with Crippen LogP contribution in [0, 0.1) is 11.3 Å². The van der Waals surface area contributed by atoms with Crippen LogP contribution in [0.3, 0.4) is 0 Å². The molecule has 1 atom stereocenters. The van der Waals surface area contributed by atoms with Crippen molar-refractivity contribution in [3.63, 3.8) is 0 Å². The largest absolute Gasteiger partial charge is 0.491 e. The average Bonchev–Trinajstić information content (AvgIpc) is 2.45. The van der Waals surface area contributed by atoms with Gasteiger partial charge in [-0.25, -0.2) is 0 Å². The number of morpholine rings is 1. The van der Waals surface area contributed by atoms with Crippen LogP contribution >= 0.6 is 0 Å². The number of hydrogen-bond acceptors (Lipinski definition) is 5. The number of rotatable bonds is 5. The van der Waals surface area contributed by atoms with E-state index in [-0.39, 0.29) is 6.10 Å². The Morgan fingerprint density at radius 1 is 1.47 bits per heavy atom. The lowest BCUT2D eigenvalue weighted by Gasteiger charge is -2.29. The Balaban J connectivity index is 1.67. The molecule has 0 saturated carbocycles. The third-order valence-electron chi connectivity index (χ3n) is 3.09. The molecule has 1 aliphatic heterocycles. The molecular weight excluding hydrogens is 242 g/mol. The van der Waals surface area contributed by atoms with Gasteiger partial charge in [0.25, 0.3) is 0 Å². The van der Waals surface area contributed by atoms with Crippen LogP contribution in [-0.4, -0.2) is 43.9 Å². The van der Waals surface area contributed by atoms with Crippen molar-refractivity contribution in [2.24, 2.45) is 0 Å². The normalized spacial score (nSPS) is 19.8. The van der Waals surface area contributed by atoms with Gasteiger partial charge in [0.2, 0.25) is 0 Å². The van der Waals surface area contributed by atoms with Gasteiger partial charge in [0.15, 0.2) is 6.10 Å². The van der Waals surface area contributed by atoms with Crippen LogP contribution in [0.5, 0.6) is 5.75 Å². The van der Waals surface area contributed by atoms with E-state index in [1.165, 1.54) is 0 Å². The Labute approximate surface area is 113 Å². The van der Waals surface area contributed by atoms with Gasteiger partial charge in [-0.15, -0.1) is 0 Å². The Kier molecular flexibility index (Phi) is 5.01. The fourth-order valence-corrected chi connectivity index (χ4v) is 2.07. The highest BCUT2D eigenvalue weighted by molar-refractivity contribution is 5.51. The summed E-state index contributed by atoms with van der Waals surface area (Å²) in [6.45, 7) is 3.73. The maximum Gasteiger partial charge on any atom is 0.156 e. The Hall–Kier alpha value is -1.77. The average molecular weight is 261 g/mol. The molecule has 0 radical (unpaired) electrons. The minimum absolute atomic E-state index is 0.292. The second-order valence-corrected chi connectivity index (χ2v) is 4.53. The summed E-state index contributed by atoms with van der Waals surface area (Å²) in [6.07, 6.45) is 0.617. The van der Waals surface area contributed by atoms with E-state index in [0.29, 0.717) is 25.4 Å². The van der Waals surface area contributed by atoms with Crippen LogP contribution < -0.4 is 10.5 Å². The number of anilines is 1. The third kappa shape index (κ3) is 4.12. The Morgan fingerprint density at radius 3 is 3.11 bits per heavy atom. The number of para-hydroxylation sites is 2. The van der Waals surface area contributed by atoms with Crippen molar-refractivity contribution in [3.05, 3.63) is 24.3 Å². The number of nitrogen functional groups attached to an aromatic ring is 1. The summed E-state index contributed by atoms with van der Waals surface area (Å²) in [7, 11) is 0. The van der Waals surface area contributed by atoms with Crippen LogP contribution in [0.15, 0.2) is 24.3 Å². The first kappa shape index (κ1) is 13.7. The van der Waals surface area contributed by atoms with Gasteiger partial charge in [0, 0.05) is 19.6 Å². The first-order valence-electron chi connectivity index (χ1n) is 6.50. The molecule has 1 aliphatic rings. The van der Waals surface area contributed by atoms with Crippen molar-refractivity contribution in [1.29, 1.82) is 5.26 Å². The monoisotopic (exact) mass is 261 g/mol. The number of ether oxygens (including phenoxy) is 2. The molecule has 0 aliphatic carbocycles. The van der Waals surface area contributed by atoms with E-state index in [2.05, 4.69) is 11.0 Å². The molecule has 2 N–H and O–H groups in total. The molecule has 1 aromatic rings. The highest BCUT2D eigenvalue weighted by Gasteiger charge is 2.19. The highest BCUT2D eigenvalue weighted by atomic mass is 16.5. The minimum atomic E-state index is -0.292. The van der Waals surface area contributed by atoms with Gasteiger partial charge in [-0.1, -0.05) is 12.1 Å². The SMILES string of the molecule is N#CC1CN(CCCOc2ccccc2N)CCO1. The smallest absolute Gasteiger partial charge is 0.156 e. The number of nitrogens with zero attached hydrogens (tertiary/aromatic N) is 2. The second-order valence-electron chi connectivity index (χ2n) is 4.53. The van der Waals surface area contributed by atoms with E-state index in [9.17, 15) is 0 Å². The quantitative estimate of drug-likeness (QED) is 0.638. The predicted octanol–water partition coefficient (Wildman–Crippen LogP) is 1.26. The number of hydrogen-bond donors (Lipinski definition) is 1. The minimum Gasteiger partial charge on any atom is -0.491 e. The van der Waals surface area contributed by atoms with E-state index < -0.39 is 0 Å². The molecule has 0 aromatic heterocycles. The molecule has 1 aromatic carbocycles. The van der Waals surface area contributed by atoms with Gasteiger partial charge < -0.3 is 15.2 Å². The lowest BCUT2D eigenvalue weighted by Crippen LogP contribution is -2.42. The first-order chi connectivity index (χ1) is 9.29. The summed E-state index contributed by atoms with van der Waals surface area (Å²) in [6, 6.07) is 9.64. The molecule has 1 fully saturated rings. The molecule has 2 rings (SSSR count). The van der Waals surface area contributed by atoms with Crippen molar-refractivity contribution in [2.75, 3.05) is 38.6 Å². The zero-order chi connectivity index (χ0) is 13.5. The van der Waals surface area contributed by atoms with Crippen LogP contribution in [0.2, 0.25) is 0 Å². The van der Waals surface area contributed by atoms with Crippen molar-refractivity contribution in [2.45, 2.75) is 12.5 Å². The summed E-state index contributed by atoms with van der Waals surface area (Å²) in [5.41, 5.74) is 6.46. The van der Waals surface area contributed by atoms with Gasteiger partial charge in [0.05, 0.1) is 25.0 Å². The zero-order valence-corrected chi connectivity index (χ0v) is 10.9. The molecule has 1 unspecified atom stereocenters. The number of nitriles is 1. The van der Waals surface area contributed by atoms with Crippen LogP contribution in [0.1, 0.15) is 6.42 Å². The van der Waals surface area contributed by atoms with Crippen molar-refractivity contribution < 1.29 is 9.47 Å². The van der Waals surface area contributed by atoms with Crippen LogP contribution in [0.25, 0.3) is 0 Å². The Morgan fingerprint density at radius 2 is 2.32 bits per heavy atom. The fraction of sp³-hybridized carbons (Fsp3) is 0.500. The molecule has 0 spiro atoms. The highest BCUT2D eigenvalue weighted by Crippen LogP contribution is 2.19. The predicted molar refractivity (Wildman–Crippen MR) is 72.8 cm³/mol. The van der Waals surface area contributed by atoms with Gasteiger partial charge in [0.1, 0.15) is 5.75 Å². The van der Waals surface area contributed by atoms with E-state index in [4.69, 9.17) is 20.5 Å². The fourth-order valence-electron chi connectivity index (χ4n) is 2.07. The number of benzene rings is 1. The maximum atomic E-state index is 8.82. The van der Waals surface area contributed by atoms with E-state index in [1.54, 1.807) is 0 Å². The summed E-state index contributed by atoms with van der Waals surface area (Å²) in [5, 5.41) is 8.82. The molecule has 1 heterocycles. The van der Waals surface area contributed by atoms with Gasteiger partial charge in [-0.3, -0.25) is 4.90 Å². The van der Waals surface area contributed by atoms with Crippen LogP contribution in [0.4, 0.5) is 5.69 Å². The van der Waals surface area contributed by atoms with Gasteiger partial charge in [-0.2, -0.15) is 5.26 Å². The van der Waals surface area contributed by atoms with Crippen molar-refractivity contribution in [3.8, 4) is 11.8 Å². The first-order valence-corrected chi connectivity index (χ1v) is 6.50. The van der Waals surface area contributed by atoms with E-state index in [0.717, 1.165) is 25.3 Å². The topological polar surface area (TPSA) is 71.5 Å². The molecule has 0 bridgehead atoms. The summed E-state index contributed by atoms with van der Waals surface area (Å²) < 4.78 is 10.9. The molecule has 5 heteroatoms. The van der Waals surface area contributed by atoms with Crippen LogP contribution in [-0.2, 0) is 4.74 Å². The van der Waals surface area contributed by atoms with Gasteiger partial charge >= 0.3 is 0 Å². The molecule has 5 nitrogen and oxygen atoms in total. The molecule has 102 valence electrons. The van der Waals surface area contributed by atoms with E-state index in [1.807, 2.05) is 24.3 Å². The summed E-state index contributed by atoms with van der Waals surface area (Å²) in [5.74, 6) is 0.736. The lowest BCUT2D eigenvalue weighted by atomic mass is 10.2.